The van der Waals surface area contributed by atoms with E-state index in [9.17, 15) is 46.1 Å². The summed E-state index contributed by atoms with van der Waals surface area (Å²) >= 11 is 0. The molecule has 0 spiro atoms. The van der Waals surface area contributed by atoms with Gasteiger partial charge in [-0.05, 0) is 96.8 Å². The minimum absolute atomic E-state index is 0.0337. The van der Waals surface area contributed by atoms with Crippen molar-refractivity contribution in [2.24, 2.45) is 22.7 Å². The van der Waals surface area contributed by atoms with Gasteiger partial charge in [-0.2, -0.15) is 30.7 Å². The lowest BCUT2D eigenvalue weighted by atomic mass is 9.44. The standard InChI is InChI=1S/C28H35F7O3/c1-3-25-13-12-16-14-18(36)8-9-19(16)23(25)17(15-24(2)20(25)10-11-21(24)37)6-4-5-7-22(38)26(29,30)27(31,32)28(33,34)35/h3,8-9,14,17,20-23,36-38H,1,4-7,10-13,15H2,2H3/t17-,20+,21-,22+,23+,24-,25+/m0/s1. The Balaban J connectivity index is 1.55. The van der Waals surface area contributed by atoms with Crippen LogP contribution in [0, 0.1) is 22.7 Å². The summed E-state index contributed by atoms with van der Waals surface area (Å²) in [7, 11) is 0. The SMILES string of the molecule is C=C[C@]12CCc3cc(O)ccc3[C@H]1[C@@H](CCCC[C@@H](O)C(F)(F)C(F)(F)C(F)(F)F)C[C@@]1(C)[C@H]2CC[C@@H]1O. The summed E-state index contributed by atoms with van der Waals surface area (Å²) in [5.41, 5.74) is 1.30. The molecule has 1 aromatic rings. The predicted molar refractivity (Wildman–Crippen MR) is 127 cm³/mol. The summed E-state index contributed by atoms with van der Waals surface area (Å²) in [5.74, 6) is -11.8. The topological polar surface area (TPSA) is 60.7 Å². The van der Waals surface area contributed by atoms with Gasteiger partial charge in [0.25, 0.3) is 0 Å². The van der Waals surface area contributed by atoms with E-state index in [0.29, 0.717) is 19.3 Å². The number of aliphatic hydroxyl groups is 2. The molecule has 0 aliphatic heterocycles. The zero-order valence-electron chi connectivity index (χ0n) is 21.3. The number of hydrogen-bond acceptors (Lipinski definition) is 3. The van der Waals surface area contributed by atoms with Gasteiger partial charge in [0.15, 0.2) is 0 Å². The Hall–Kier alpha value is -1.81. The van der Waals surface area contributed by atoms with E-state index in [2.05, 4.69) is 13.5 Å². The normalized spacial score (nSPS) is 34.3. The fourth-order valence-electron chi connectivity index (χ4n) is 8.02. The fourth-order valence-corrected chi connectivity index (χ4v) is 8.02. The first-order chi connectivity index (χ1) is 17.5. The van der Waals surface area contributed by atoms with Crippen molar-refractivity contribution in [3.05, 3.63) is 42.0 Å². The third kappa shape index (κ3) is 4.34. The Labute approximate surface area is 217 Å². The van der Waals surface area contributed by atoms with Crippen LogP contribution in [0.15, 0.2) is 30.9 Å². The first-order valence-corrected chi connectivity index (χ1v) is 13.2. The maximum atomic E-state index is 13.8. The largest absolute Gasteiger partial charge is 0.508 e. The van der Waals surface area contributed by atoms with Gasteiger partial charge in [0, 0.05) is 0 Å². The summed E-state index contributed by atoms with van der Waals surface area (Å²) in [6, 6.07) is 5.24. The highest BCUT2D eigenvalue weighted by Gasteiger charge is 2.75. The molecule has 0 heterocycles. The van der Waals surface area contributed by atoms with Crippen LogP contribution in [0.4, 0.5) is 30.7 Å². The number of allylic oxidation sites excluding steroid dienone is 1. The first kappa shape index (κ1) is 29.2. The van der Waals surface area contributed by atoms with E-state index < -0.39 is 42.1 Å². The molecule has 3 aliphatic rings. The molecule has 0 bridgehead atoms. The monoisotopic (exact) mass is 552 g/mol. The van der Waals surface area contributed by atoms with E-state index >= 15 is 0 Å². The fraction of sp³-hybridized carbons (Fsp3) is 0.714. The van der Waals surface area contributed by atoms with Gasteiger partial charge in [-0.3, -0.25) is 0 Å². The van der Waals surface area contributed by atoms with Crippen LogP contribution in [0.3, 0.4) is 0 Å². The van der Waals surface area contributed by atoms with Gasteiger partial charge in [0.1, 0.15) is 11.9 Å². The average Bonchev–Trinajstić information content (AvgIpc) is 3.14. The minimum Gasteiger partial charge on any atom is -0.508 e. The molecule has 3 aliphatic carbocycles. The maximum Gasteiger partial charge on any atom is 0.459 e. The number of phenols is 1. The minimum atomic E-state index is -6.48. The highest BCUT2D eigenvalue weighted by Crippen LogP contribution is 2.69. The highest BCUT2D eigenvalue weighted by atomic mass is 19.4. The number of benzene rings is 1. The molecule has 4 rings (SSSR count). The molecular formula is C28H35F7O3. The van der Waals surface area contributed by atoms with Gasteiger partial charge in [0.2, 0.25) is 0 Å². The molecule has 38 heavy (non-hydrogen) atoms. The smallest absolute Gasteiger partial charge is 0.459 e. The van der Waals surface area contributed by atoms with Crippen molar-refractivity contribution in [1.29, 1.82) is 0 Å². The lowest BCUT2D eigenvalue weighted by molar-refractivity contribution is -0.371. The molecule has 7 atom stereocenters. The molecule has 214 valence electrons. The second-order valence-electron chi connectivity index (χ2n) is 11.8. The molecule has 10 heteroatoms. The molecule has 0 amide bonds. The highest BCUT2D eigenvalue weighted by molar-refractivity contribution is 5.43. The molecule has 3 N–H and O–H groups in total. The molecule has 2 fully saturated rings. The zero-order chi connectivity index (χ0) is 28.3. The second-order valence-corrected chi connectivity index (χ2v) is 11.8. The Kier molecular flexibility index (Phi) is 7.43. The summed E-state index contributed by atoms with van der Waals surface area (Å²) in [6.45, 7) is 6.24. The lowest BCUT2D eigenvalue weighted by Crippen LogP contribution is -2.57. The van der Waals surface area contributed by atoms with Crippen molar-refractivity contribution < 1.29 is 46.1 Å². The maximum absolute atomic E-state index is 13.8. The van der Waals surface area contributed by atoms with Crippen molar-refractivity contribution in [2.45, 2.75) is 101 Å². The Bertz CT molecular complexity index is 1040. The summed E-state index contributed by atoms with van der Waals surface area (Å²) in [4.78, 5) is 0. The van der Waals surface area contributed by atoms with Gasteiger partial charge in [-0.1, -0.05) is 31.9 Å². The Morgan fingerprint density at radius 1 is 1.11 bits per heavy atom. The number of aromatic hydroxyl groups is 1. The number of unbranched alkanes of at least 4 members (excludes halogenated alkanes) is 1. The van der Waals surface area contributed by atoms with Crippen LogP contribution < -0.4 is 0 Å². The molecule has 3 nitrogen and oxygen atoms in total. The zero-order valence-corrected chi connectivity index (χ0v) is 21.3. The number of halogens is 7. The van der Waals surface area contributed by atoms with E-state index in [0.717, 1.165) is 30.4 Å². The number of rotatable bonds is 8. The number of phenolic OH excluding ortho intramolecular Hbond substituents is 1. The number of aryl methyl sites for hydroxylation is 1. The van der Waals surface area contributed by atoms with Gasteiger partial charge >= 0.3 is 18.0 Å². The summed E-state index contributed by atoms with van der Waals surface area (Å²) < 4.78 is 91.8. The molecule has 0 saturated heterocycles. The van der Waals surface area contributed by atoms with Crippen LogP contribution in [0.5, 0.6) is 5.75 Å². The van der Waals surface area contributed by atoms with Crippen molar-refractivity contribution in [2.75, 3.05) is 0 Å². The van der Waals surface area contributed by atoms with Gasteiger partial charge in [-0.15, -0.1) is 6.58 Å². The quantitative estimate of drug-likeness (QED) is 0.182. The Morgan fingerprint density at radius 3 is 2.42 bits per heavy atom. The second kappa shape index (κ2) is 9.68. The van der Waals surface area contributed by atoms with Crippen LogP contribution in [-0.4, -0.2) is 45.5 Å². The number of alkyl halides is 7. The lowest BCUT2D eigenvalue weighted by Gasteiger charge is -2.60. The van der Waals surface area contributed by atoms with Crippen LogP contribution in [-0.2, 0) is 6.42 Å². The third-order valence-corrected chi connectivity index (χ3v) is 9.85. The average molecular weight is 553 g/mol. The van der Waals surface area contributed by atoms with Crippen molar-refractivity contribution in [3.63, 3.8) is 0 Å². The number of fused-ring (bicyclic) bond motifs is 5. The van der Waals surface area contributed by atoms with Gasteiger partial charge in [-0.25, -0.2) is 0 Å². The van der Waals surface area contributed by atoms with E-state index in [1.807, 2.05) is 12.1 Å². The Morgan fingerprint density at radius 2 is 1.79 bits per heavy atom. The van der Waals surface area contributed by atoms with Gasteiger partial charge < -0.3 is 15.3 Å². The molecule has 2 saturated carbocycles. The van der Waals surface area contributed by atoms with Gasteiger partial charge in [0.05, 0.1) is 6.10 Å². The number of aliphatic hydroxyl groups excluding tert-OH is 2. The molecule has 0 unspecified atom stereocenters. The van der Waals surface area contributed by atoms with E-state index in [4.69, 9.17) is 0 Å². The molecule has 0 radical (unpaired) electrons. The van der Waals surface area contributed by atoms with Crippen molar-refractivity contribution in [1.82, 2.24) is 0 Å². The predicted octanol–water partition coefficient (Wildman–Crippen LogP) is 7.15. The summed E-state index contributed by atoms with van der Waals surface area (Å²) in [6.07, 6.45) is -4.99. The third-order valence-electron chi connectivity index (χ3n) is 9.85. The van der Waals surface area contributed by atoms with Crippen LogP contribution in [0.25, 0.3) is 0 Å². The molecule has 0 aromatic heterocycles. The van der Waals surface area contributed by atoms with Crippen molar-refractivity contribution >= 4 is 0 Å². The van der Waals surface area contributed by atoms with Crippen molar-refractivity contribution in [3.8, 4) is 5.75 Å². The number of hydrogen-bond donors (Lipinski definition) is 3. The molecular weight excluding hydrogens is 517 g/mol. The molecule has 1 aromatic carbocycles. The van der Waals surface area contributed by atoms with E-state index in [-0.39, 0.29) is 41.8 Å². The van der Waals surface area contributed by atoms with E-state index in [1.165, 1.54) is 0 Å². The summed E-state index contributed by atoms with van der Waals surface area (Å²) in [5, 5.41) is 30.6. The van der Waals surface area contributed by atoms with Crippen LogP contribution in [0.2, 0.25) is 0 Å². The van der Waals surface area contributed by atoms with Crippen LogP contribution >= 0.6 is 0 Å². The first-order valence-electron chi connectivity index (χ1n) is 13.2. The van der Waals surface area contributed by atoms with E-state index in [1.54, 1.807) is 12.1 Å². The van der Waals surface area contributed by atoms with Crippen LogP contribution in [0.1, 0.15) is 75.3 Å².